The molecule has 0 radical (unpaired) electrons. The molecular weight excluding hydrogens is 214 g/mol. The molecule has 0 bridgehead atoms. The van der Waals surface area contributed by atoms with E-state index in [-0.39, 0.29) is 0 Å². The zero-order chi connectivity index (χ0) is 13.1. The van der Waals surface area contributed by atoms with Crippen LogP contribution in [0.15, 0.2) is 4.99 Å². The van der Waals surface area contributed by atoms with E-state index in [1.54, 1.807) is 0 Å². The molecule has 0 aliphatic rings. The minimum Gasteiger partial charge on any atom is -0.379 e. The molecule has 0 aromatic carbocycles. The van der Waals surface area contributed by atoms with Gasteiger partial charge in [0.1, 0.15) is 0 Å². The zero-order valence-electron chi connectivity index (χ0n) is 12.1. The SMILES string of the molecule is CCCCN(C)C(=NC)NCCOCC(C)C. The molecule has 4 nitrogen and oxygen atoms in total. The van der Waals surface area contributed by atoms with Crippen molar-refractivity contribution in [1.29, 1.82) is 0 Å². The first-order valence-electron chi connectivity index (χ1n) is 6.61. The predicted molar refractivity (Wildman–Crippen MR) is 74.6 cm³/mol. The number of guanidine groups is 1. The van der Waals surface area contributed by atoms with Gasteiger partial charge in [-0.2, -0.15) is 0 Å². The average molecular weight is 243 g/mol. The lowest BCUT2D eigenvalue weighted by Crippen LogP contribution is -2.40. The molecular formula is C13H29N3O. The Hall–Kier alpha value is -0.770. The lowest BCUT2D eigenvalue weighted by atomic mass is 10.2. The van der Waals surface area contributed by atoms with Crippen LogP contribution in [0.1, 0.15) is 33.6 Å². The first-order chi connectivity index (χ1) is 8.11. The van der Waals surface area contributed by atoms with E-state index in [4.69, 9.17) is 4.74 Å². The van der Waals surface area contributed by atoms with E-state index >= 15 is 0 Å². The van der Waals surface area contributed by atoms with Crippen molar-refractivity contribution in [2.24, 2.45) is 10.9 Å². The number of unbranched alkanes of at least 4 members (excludes halogenated alkanes) is 1. The Morgan fingerprint density at radius 1 is 1.41 bits per heavy atom. The highest BCUT2D eigenvalue weighted by atomic mass is 16.5. The quantitative estimate of drug-likeness (QED) is 0.402. The van der Waals surface area contributed by atoms with Gasteiger partial charge in [-0.1, -0.05) is 27.2 Å². The number of rotatable bonds is 8. The predicted octanol–water partition coefficient (Wildman–Crippen LogP) is 1.97. The Labute approximate surface area is 106 Å². The van der Waals surface area contributed by atoms with Crippen LogP contribution in [0, 0.1) is 5.92 Å². The van der Waals surface area contributed by atoms with Crippen LogP contribution in [-0.2, 0) is 4.74 Å². The monoisotopic (exact) mass is 243 g/mol. The van der Waals surface area contributed by atoms with Gasteiger partial charge in [-0.3, -0.25) is 4.99 Å². The number of aliphatic imine (C=N–C) groups is 1. The van der Waals surface area contributed by atoms with Crippen molar-refractivity contribution in [3.8, 4) is 0 Å². The van der Waals surface area contributed by atoms with E-state index in [1.165, 1.54) is 12.8 Å². The standard InChI is InChI=1S/C13H29N3O/c1-6-7-9-16(5)13(14-4)15-8-10-17-11-12(2)3/h12H,6-11H2,1-5H3,(H,14,15). The molecule has 0 saturated heterocycles. The number of ether oxygens (including phenoxy) is 1. The number of nitrogens with one attached hydrogen (secondary N) is 1. The van der Waals surface area contributed by atoms with Crippen molar-refractivity contribution in [2.45, 2.75) is 33.6 Å². The van der Waals surface area contributed by atoms with Crippen molar-refractivity contribution in [1.82, 2.24) is 10.2 Å². The highest BCUT2D eigenvalue weighted by Gasteiger charge is 2.03. The maximum Gasteiger partial charge on any atom is 0.193 e. The van der Waals surface area contributed by atoms with E-state index in [0.717, 1.165) is 32.3 Å². The second-order valence-electron chi connectivity index (χ2n) is 4.72. The van der Waals surface area contributed by atoms with Gasteiger partial charge in [0.2, 0.25) is 0 Å². The number of hydrogen-bond donors (Lipinski definition) is 1. The van der Waals surface area contributed by atoms with Gasteiger partial charge >= 0.3 is 0 Å². The van der Waals surface area contributed by atoms with E-state index in [2.05, 4.69) is 43.0 Å². The molecule has 0 aliphatic heterocycles. The highest BCUT2D eigenvalue weighted by molar-refractivity contribution is 5.79. The minimum absolute atomic E-state index is 0.599. The fourth-order valence-corrected chi connectivity index (χ4v) is 1.44. The van der Waals surface area contributed by atoms with E-state index in [1.807, 2.05) is 7.05 Å². The van der Waals surface area contributed by atoms with Gasteiger partial charge in [-0.15, -0.1) is 0 Å². The fourth-order valence-electron chi connectivity index (χ4n) is 1.44. The van der Waals surface area contributed by atoms with Gasteiger partial charge < -0.3 is 15.0 Å². The van der Waals surface area contributed by atoms with Crippen molar-refractivity contribution < 1.29 is 4.74 Å². The molecule has 0 fully saturated rings. The van der Waals surface area contributed by atoms with Crippen molar-refractivity contribution in [2.75, 3.05) is 40.4 Å². The van der Waals surface area contributed by atoms with Crippen LogP contribution in [0.25, 0.3) is 0 Å². The van der Waals surface area contributed by atoms with Gasteiger partial charge in [0.05, 0.1) is 6.61 Å². The van der Waals surface area contributed by atoms with Crippen LogP contribution in [0.3, 0.4) is 0 Å². The van der Waals surface area contributed by atoms with Gasteiger partial charge in [0, 0.05) is 33.8 Å². The summed E-state index contributed by atoms with van der Waals surface area (Å²) in [4.78, 5) is 6.41. The zero-order valence-corrected chi connectivity index (χ0v) is 12.1. The lowest BCUT2D eigenvalue weighted by Gasteiger charge is -2.21. The average Bonchev–Trinajstić information content (AvgIpc) is 2.30. The van der Waals surface area contributed by atoms with Crippen molar-refractivity contribution >= 4 is 5.96 Å². The summed E-state index contributed by atoms with van der Waals surface area (Å²) in [7, 11) is 3.89. The summed E-state index contributed by atoms with van der Waals surface area (Å²) in [6.07, 6.45) is 2.40. The summed E-state index contributed by atoms with van der Waals surface area (Å²) >= 11 is 0. The van der Waals surface area contributed by atoms with Crippen LogP contribution >= 0.6 is 0 Å². The maximum atomic E-state index is 5.51. The maximum absolute atomic E-state index is 5.51. The van der Waals surface area contributed by atoms with Crippen molar-refractivity contribution in [3.63, 3.8) is 0 Å². The molecule has 0 unspecified atom stereocenters. The Morgan fingerprint density at radius 3 is 2.65 bits per heavy atom. The van der Waals surface area contributed by atoms with Crippen LogP contribution < -0.4 is 5.32 Å². The topological polar surface area (TPSA) is 36.9 Å². The summed E-state index contributed by atoms with van der Waals surface area (Å²) < 4.78 is 5.51. The molecule has 1 N–H and O–H groups in total. The Bertz CT molecular complexity index is 205. The third kappa shape index (κ3) is 8.98. The molecule has 0 aromatic heterocycles. The molecule has 4 heteroatoms. The lowest BCUT2D eigenvalue weighted by molar-refractivity contribution is 0.114. The van der Waals surface area contributed by atoms with Crippen LogP contribution in [-0.4, -0.2) is 51.3 Å². The minimum atomic E-state index is 0.599. The van der Waals surface area contributed by atoms with Gasteiger partial charge in [0.15, 0.2) is 5.96 Å². The first-order valence-corrected chi connectivity index (χ1v) is 6.61. The third-order valence-electron chi connectivity index (χ3n) is 2.40. The molecule has 0 aromatic rings. The van der Waals surface area contributed by atoms with Gasteiger partial charge in [-0.25, -0.2) is 0 Å². The van der Waals surface area contributed by atoms with Crippen LogP contribution in [0.4, 0.5) is 0 Å². The molecule has 0 aliphatic carbocycles. The van der Waals surface area contributed by atoms with Crippen molar-refractivity contribution in [3.05, 3.63) is 0 Å². The third-order valence-corrected chi connectivity index (χ3v) is 2.40. The van der Waals surface area contributed by atoms with Gasteiger partial charge in [0.25, 0.3) is 0 Å². The molecule has 0 heterocycles. The smallest absolute Gasteiger partial charge is 0.193 e. The van der Waals surface area contributed by atoms with E-state index < -0.39 is 0 Å². The summed E-state index contributed by atoms with van der Waals surface area (Å²) in [5, 5.41) is 3.30. The first kappa shape index (κ1) is 16.2. The largest absolute Gasteiger partial charge is 0.379 e. The Morgan fingerprint density at radius 2 is 2.12 bits per heavy atom. The fraction of sp³-hybridized carbons (Fsp3) is 0.923. The van der Waals surface area contributed by atoms with Crippen LogP contribution in [0.5, 0.6) is 0 Å². The molecule has 0 atom stereocenters. The number of nitrogens with zero attached hydrogens (tertiary/aromatic N) is 2. The summed E-state index contributed by atoms with van der Waals surface area (Å²) in [6.45, 7) is 9.93. The molecule has 0 saturated carbocycles. The second kappa shape index (κ2) is 10.4. The van der Waals surface area contributed by atoms with Crippen LogP contribution in [0.2, 0.25) is 0 Å². The molecule has 17 heavy (non-hydrogen) atoms. The van der Waals surface area contributed by atoms with E-state index in [0.29, 0.717) is 5.92 Å². The van der Waals surface area contributed by atoms with E-state index in [9.17, 15) is 0 Å². The molecule has 0 rings (SSSR count). The van der Waals surface area contributed by atoms with Gasteiger partial charge in [-0.05, 0) is 12.3 Å². The Kier molecular flexibility index (Phi) is 9.92. The normalized spacial score (nSPS) is 12.0. The number of hydrogen-bond acceptors (Lipinski definition) is 2. The highest BCUT2D eigenvalue weighted by Crippen LogP contribution is 1.93. The molecule has 102 valence electrons. The summed E-state index contributed by atoms with van der Waals surface area (Å²) in [5.41, 5.74) is 0. The second-order valence-corrected chi connectivity index (χ2v) is 4.72. The Balaban J connectivity index is 3.68. The molecule has 0 amide bonds. The molecule has 0 spiro atoms. The summed E-state index contributed by atoms with van der Waals surface area (Å²) in [6, 6.07) is 0. The summed E-state index contributed by atoms with van der Waals surface area (Å²) in [5.74, 6) is 1.55.